The first kappa shape index (κ1) is 14.4. The van der Waals surface area contributed by atoms with Crippen molar-refractivity contribution >= 4 is 5.91 Å². The molecule has 1 amide bonds. The number of carbonyl (C=O) groups excluding carboxylic acids is 1. The first-order valence-electron chi connectivity index (χ1n) is 5.89. The van der Waals surface area contributed by atoms with Crippen LogP contribution in [-0.4, -0.2) is 30.9 Å². The summed E-state index contributed by atoms with van der Waals surface area (Å²) in [6.07, 6.45) is 1.10. The van der Waals surface area contributed by atoms with Crippen LogP contribution in [0.2, 0.25) is 0 Å². The maximum atomic E-state index is 12.0. The van der Waals surface area contributed by atoms with Crippen LogP contribution in [0.1, 0.15) is 34.1 Å². The van der Waals surface area contributed by atoms with E-state index in [4.69, 9.17) is 5.73 Å². The molecule has 0 fully saturated rings. The Morgan fingerprint density at radius 2 is 1.87 bits per heavy atom. The minimum Gasteiger partial charge on any atom is -0.345 e. The van der Waals surface area contributed by atoms with E-state index in [1.54, 1.807) is 0 Å². The summed E-state index contributed by atoms with van der Waals surface area (Å²) in [6, 6.07) is 0. The maximum absolute atomic E-state index is 12.0. The smallest absolute Gasteiger partial charge is 0.226 e. The Hall–Kier alpha value is -0.570. The highest BCUT2D eigenvalue weighted by molar-refractivity contribution is 5.79. The fourth-order valence-corrected chi connectivity index (χ4v) is 1.63. The van der Waals surface area contributed by atoms with Gasteiger partial charge < -0.3 is 10.6 Å². The molecule has 0 radical (unpaired) electrons. The summed E-state index contributed by atoms with van der Waals surface area (Å²) in [7, 11) is 1.87. The van der Waals surface area contributed by atoms with E-state index in [1.165, 1.54) is 0 Å². The van der Waals surface area contributed by atoms with E-state index in [9.17, 15) is 4.79 Å². The predicted octanol–water partition coefficient (Wildman–Crippen LogP) is 1.72. The Labute approximate surface area is 94.0 Å². The number of hydrogen-bond donors (Lipinski definition) is 1. The van der Waals surface area contributed by atoms with Gasteiger partial charge in [0.25, 0.3) is 0 Å². The molecule has 0 aliphatic carbocycles. The Balaban J connectivity index is 4.28. The van der Waals surface area contributed by atoms with Crippen molar-refractivity contribution < 1.29 is 4.79 Å². The predicted molar refractivity (Wildman–Crippen MR) is 64.5 cm³/mol. The van der Waals surface area contributed by atoms with Crippen molar-refractivity contribution in [1.82, 2.24) is 4.90 Å². The third kappa shape index (κ3) is 4.65. The Bertz CT molecular complexity index is 192. The average molecular weight is 214 g/mol. The highest BCUT2D eigenvalue weighted by Gasteiger charge is 2.24. The molecule has 3 nitrogen and oxygen atoms in total. The first-order valence-corrected chi connectivity index (χ1v) is 5.89. The number of nitrogens with two attached hydrogens (primary N) is 1. The highest BCUT2D eigenvalue weighted by atomic mass is 16.2. The average Bonchev–Trinajstić information content (AvgIpc) is 2.17. The summed E-state index contributed by atoms with van der Waals surface area (Å²) in [6.45, 7) is 9.68. The first-order chi connectivity index (χ1) is 6.93. The molecule has 0 saturated carbocycles. The van der Waals surface area contributed by atoms with Crippen LogP contribution >= 0.6 is 0 Å². The number of rotatable bonds is 6. The molecule has 0 heterocycles. The molecule has 0 aromatic carbocycles. The van der Waals surface area contributed by atoms with Crippen LogP contribution in [0.5, 0.6) is 0 Å². The molecule has 0 aromatic rings. The zero-order valence-electron chi connectivity index (χ0n) is 10.8. The Kier molecular flexibility index (Phi) is 6.57. The summed E-state index contributed by atoms with van der Waals surface area (Å²) in [5, 5.41) is 0. The fraction of sp³-hybridized carbons (Fsp3) is 0.917. The van der Waals surface area contributed by atoms with Crippen LogP contribution in [-0.2, 0) is 4.79 Å². The Morgan fingerprint density at radius 1 is 1.33 bits per heavy atom. The van der Waals surface area contributed by atoms with Crippen LogP contribution in [0, 0.1) is 17.8 Å². The summed E-state index contributed by atoms with van der Waals surface area (Å²) in [5.41, 5.74) is 5.63. The molecule has 0 spiro atoms. The third-order valence-corrected chi connectivity index (χ3v) is 3.03. The van der Waals surface area contributed by atoms with Gasteiger partial charge in [-0.05, 0) is 11.8 Å². The molecular weight excluding hydrogens is 188 g/mol. The molecule has 0 aliphatic heterocycles. The number of hydrogen-bond acceptors (Lipinski definition) is 2. The SMILES string of the molecule is CCC(C)CN(C)C(=O)C(CN)C(C)C. The largest absolute Gasteiger partial charge is 0.345 e. The van der Waals surface area contributed by atoms with Crippen LogP contribution in [0.3, 0.4) is 0 Å². The molecule has 0 bridgehead atoms. The van der Waals surface area contributed by atoms with Gasteiger partial charge in [-0.2, -0.15) is 0 Å². The molecule has 2 unspecified atom stereocenters. The van der Waals surface area contributed by atoms with Gasteiger partial charge in [0.15, 0.2) is 0 Å². The van der Waals surface area contributed by atoms with Gasteiger partial charge in [-0.3, -0.25) is 4.79 Å². The van der Waals surface area contributed by atoms with Crippen LogP contribution in [0.4, 0.5) is 0 Å². The standard InChI is InChI=1S/C12H26N2O/c1-6-10(4)8-14(5)12(15)11(7-13)9(2)3/h9-11H,6-8,13H2,1-5H3. The molecule has 0 saturated heterocycles. The number of carbonyl (C=O) groups is 1. The molecule has 2 N–H and O–H groups in total. The molecule has 90 valence electrons. The number of nitrogens with zero attached hydrogens (tertiary/aromatic N) is 1. The number of amides is 1. The normalized spacial score (nSPS) is 15.1. The van der Waals surface area contributed by atoms with E-state index >= 15 is 0 Å². The summed E-state index contributed by atoms with van der Waals surface area (Å²) >= 11 is 0. The van der Waals surface area contributed by atoms with Gasteiger partial charge in [0.1, 0.15) is 0 Å². The summed E-state index contributed by atoms with van der Waals surface area (Å²) in [5.74, 6) is 1.04. The van der Waals surface area contributed by atoms with Crippen molar-refractivity contribution in [1.29, 1.82) is 0 Å². The summed E-state index contributed by atoms with van der Waals surface area (Å²) < 4.78 is 0. The van der Waals surface area contributed by atoms with Crippen LogP contribution < -0.4 is 5.73 Å². The van der Waals surface area contributed by atoms with E-state index in [2.05, 4.69) is 13.8 Å². The lowest BCUT2D eigenvalue weighted by Gasteiger charge is -2.27. The Morgan fingerprint density at radius 3 is 2.20 bits per heavy atom. The van der Waals surface area contributed by atoms with Crippen molar-refractivity contribution in [2.24, 2.45) is 23.5 Å². The molecular formula is C12H26N2O. The van der Waals surface area contributed by atoms with Gasteiger partial charge in [-0.25, -0.2) is 0 Å². The minimum atomic E-state index is -0.0287. The fourth-order valence-electron chi connectivity index (χ4n) is 1.63. The maximum Gasteiger partial charge on any atom is 0.226 e. The lowest BCUT2D eigenvalue weighted by molar-refractivity contribution is -0.135. The van der Waals surface area contributed by atoms with Gasteiger partial charge in [-0.15, -0.1) is 0 Å². The zero-order valence-corrected chi connectivity index (χ0v) is 10.8. The molecule has 0 aromatic heterocycles. The van der Waals surface area contributed by atoms with Crippen molar-refractivity contribution in [3.63, 3.8) is 0 Å². The molecule has 0 aliphatic rings. The van der Waals surface area contributed by atoms with Gasteiger partial charge in [0.2, 0.25) is 5.91 Å². The van der Waals surface area contributed by atoms with E-state index in [0.717, 1.165) is 13.0 Å². The van der Waals surface area contributed by atoms with Crippen molar-refractivity contribution in [3.05, 3.63) is 0 Å². The van der Waals surface area contributed by atoms with E-state index in [-0.39, 0.29) is 11.8 Å². The molecule has 0 rings (SSSR count). The zero-order chi connectivity index (χ0) is 12.0. The minimum absolute atomic E-state index is 0.0287. The lowest BCUT2D eigenvalue weighted by atomic mass is 9.94. The van der Waals surface area contributed by atoms with E-state index in [1.807, 2.05) is 25.8 Å². The topological polar surface area (TPSA) is 46.3 Å². The molecule has 3 heteroatoms. The van der Waals surface area contributed by atoms with E-state index < -0.39 is 0 Å². The van der Waals surface area contributed by atoms with Gasteiger partial charge in [0.05, 0.1) is 5.92 Å². The van der Waals surface area contributed by atoms with Crippen molar-refractivity contribution in [3.8, 4) is 0 Å². The third-order valence-electron chi connectivity index (χ3n) is 3.03. The quantitative estimate of drug-likeness (QED) is 0.732. The van der Waals surface area contributed by atoms with Crippen LogP contribution in [0.15, 0.2) is 0 Å². The van der Waals surface area contributed by atoms with Crippen molar-refractivity contribution in [2.75, 3.05) is 20.1 Å². The van der Waals surface area contributed by atoms with Crippen molar-refractivity contribution in [2.45, 2.75) is 34.1 Å². The molecule has 2 atom stereocenters. The highest BCUT2D eigenvalue weighted by Crippen LogP contribution is 2.13. The van der Waals surface area contributed by atoms with Gasteiger partial charge >= 0.3 is 0 Å². The second kappa shape index (κ2) is 6.83. The van der Waals surface area contributed by atoms with Gasteiger partial charge in [0, 0.05) is 20.1 Å². The van der Waals surface area contributed by atoms with Gasteiger partial charge in [-0.1, -0.05) is 34.1 Å². The van der Waals surface area contributed by atoms with E-state index in [0.29, 0.717) is 18.4 Å². The summed E-state index contributed by atoms with van der Waals surface area (Å²) in [4.78, 5) is 13.8. The van der Waals surface area contributed by atoms with Crippen LogP contribution in [0.25, 0.3) is 0 Å². The second-order valence-electron chi connectivity index (χ2n) is 4.82. The second-order valence-corrected chi connectivity index (χ2v) is 4.82. The lowest BCUT2D eigenvalue weighted by Crippen LogP contribution is -2.40. The monoisotopic (exact) mass is 214 g/mol. The molecule has 15 heavy (non-hydrogen) atoms.